The molecule has 1 aliphatic rings. The van der Waals surface area contributed by atoms with Crippen LogP contribution in [0.5, 0.6) is 0 Å². The summed E-state index contributed by atoms with van der Waals surface area (Å²) in [5.41, 5.74) is 3.58. The minimum atomic E-state index is -0.223. The van der Waals surface area contributed by atoms with Crippen molar-refractivity contribution in [3.8, 4) is 0 Å². The van der Waals surface area contributed by atoms with E-state index >= 15 is 0 Å². The molecule has 0 atom stereocenters. The highest BCUT2D eigenvalue weighted by Gasteiger charge is 2.27. The first-order valence-corrected chi connectivity index (χ1v) is 9.30. The molecule has 0 spiro atoms. The molecule has 0 unspecified atom stereocenters. The van der Waals surface area contributed by atoms with Crippen LogP contribution in [0.1, 0.15) is 21.5 Å². The Bertz CT molecular complexity index is 1080. The fourth-order valence-electron chi connectivity index (χ4n) is 3.29. The molecule has 28 heavy (non-hydrogen) atoms. The second-order valence-electron chi connectivity index (χ2n) is 6.43. The minimum Gasteiger partial charge on any atom is -0.302 e. The number of rotatable bonds is 4. The maximum Gasteiger partial charge on any atom is 0.249 e. The number of fused-ring (bicyclic) bond motifs is 1. The number of nitrogens with zero attached hydrogens (tertiary/aromatic N) is 2. The summed E-state index contributed by atoms with van der Waals surface area (Å²) in [4.78, 5) is 31.7. The molecule has 5 heteroatoms. The number of amides is 1. The van der Waals surface area contributed by atoms with Gasteiger partial charge in [-0.15, -0.1) is 0 Å². The van der Waals surface area contributed by atoms with E-state index < -0.39 is 0 Å². The van der Waals surface area contributed by atoms with Gasteiger partial charge in [-0.2, -0.15) is 0 Å². The lowest BCUT2D eigenvalue weighted by Gasteiger charge is -2.22. The van der Waals surface area contributed by atoms with Crippen LogP contribution in [0, 0.1) is 0 Å². The van der Waals surface area contributed by atoms with Crippen molar-refractivity contribution in [3.63, 3.8) is 0 Å². The highest BCUT2D eigenvalue weighted by molar-refractivity contribution is 6.34. The topological polar surface area (TPSA) is 49.7 Å². The summed E-state index contributed by atoms with van der Waals surface area (Å²) >= 11 is 6.16. The molecular weight excluding hydrogens is 372 g/mol. The van der Waals surface area contributed by atoms with Crippen molar-refractivity contribution in [3.05, 3.63) is 101 Å². The summed E-state index contributed by atoms with van der Waals surface area (Å²) in [6.07, 6.45) is 0. The molecule has 0 aliphatic carbocycles. The van der Waals surface area contributed by atoms with Crippen molar-refractivity contribution in [1.82, 2.24) is 0 Å². The van der Waals surface area contributed by atoms with Gasteiger partial charge >= 0.3 is 0 Å². The van der Waals surface area contributed by atoms with Gasteiger partial charge in [0.2, 0.25) is 5.91 Å². The Morgan fingerprint density at radius 1 is 0.929 bits per heavy atom. The van der Waals surface area contributed by atoms with Crippen molar-refractivity contribution in [2.45, 2.75) is 0 Å². The van der Waals surface area contributed by atoms with Crippen molar-refractivity contribution in [2.75, 3.05) is 18.0 Å². The van der Waals surface area contributed by atoms with Gasteiger partial charge in [0.15, 0.2) is 5.78 Å². The predicted octanol–water partition coefficient (Wildman–Crippen LogP) is 4.41. The van der Waals surface area contributed by atoms with Gasteiger partial charge in [0.05, 0.1) is 23.0 Å². The predicted molar refractivity (Wildman–Crippen MR) is 112 cm³/mol. The molecule has 3 aromatic carbocycles. The number of ketones is 1. The molecule has 4 nitrogen and oxygen atoms in total. The average molecular weight is 389 g/mol. The summed E-state index contributed by atoms with van der Waals surface area (Å²) in [6, 6.07) is 24.1. The summed E-state index contributed by atoms with van der Waals surface area (Å²) in [5, 5.41) is 0.379. The van der Waals surface area contributed by atoms with Crippen LogP contribution in [0.3, 0.4) is 0 Å². The van der Waals surface area contributed by atoms with Crippen molar-refractivity contribution in [2.24, 2.45) is 4.99 Å². The van der Waals surface area contributed by atoms with Crippen LogP contribution in [-0.4, -0.2) is 30.5 Å². The minimum absolute atomic E-state index is 0.0191. The van der Waals surface area contributed by atoms with Gasteiger partial charge in [-0.3, -0.25) is 14.6 Å². The van der Waals surface area contributed by atoms with E-state index in [0.29, 0.717) is 16.3 Å². The number of anilines is 1. The molecule has 0 radical (unpaired) electrons. The van der Waals surface area contributed by atoms with E-state index in [1.165, 1.54) is 4.90 Å². The lowest BCUT2D eigenvalue weighted by Crippen LogP contribution is -2.37. The molecule has 0 bridgehead atoms. The largest absolute Gasteiger partial charge is 0.302 e. The van der Waals surface area contributed by atoms with Crippen LogP contribution in [0.15, 0.2) is 83.9 Å². The lowest BCUT2D eigenvalue weighted by molar-refractivity contribution is -0.117. The zero-order valence-electron chi connectivity index (χ0n) is 15.0. The van der Waals surface area contributed by atoms with Gasteiger partial charge in [-0.05, 0) is 18.2 Å². The van der Waals surface area contributed by atoms with E-state index in [2.05, 4.69) is 4.99 Å². The highest BCUT2D eigenvalue weighted by atomic mass is 35.5. The first kappa shape index (κ1) is 18.1. The Morgan fingerprint density at radius 3 is 2.39 bits per heavy atom. The van der Waals surface area contributed by atoms with Crippen LogP contribution in [0.25, 0.3) is 0 Å². The van der Waals surface area contributed by atoms with Crippen LogP contribution < -0.4 is 4.90 Å². The molecule has 3 aromatic rings. The van der Waals surface area contributed by atoms with Gasteiger partial charge in [-0.1, -0.05) is 72.3 Å². The molecule has 1 heterocycles. The molecule has 1 aliphatic heterocycles. The standard InChI is InChI=1S/C23H17ClN2O2/c24-19-12-6-4-10-17(19)21(27)15-26-20-13-7-5-11-18(20)23(25-14-22(26)28)16-8-2-1-3-9-16/h1-13H,14-15H2. The number of benzodiazepines with no additional fused rings is 1. The summed E-state index contributed by atoms with van der Waals surface area (Å²) in [7, 11) is 0. The van der Waals surface area contributed by atoms with Crippen molar-refractivity contribution < 1.29 is 9.59 Å². The molecule has 0 aromatic heterocycles. The third kappa shape index (κ3) is 3.47. The monoisotopic (exact) mass is 388 g/mol. The van der Waals surface area contributed by atoms with E-state index in [9.17, 15) is 9.59 Å². The number of carbonyl (C=O) groups excluding carboxylic acids is 2. The summed E-state index contributed by atoms with van der Waals surface area (Å²) in [5.74, 6) is -0.435. The number of hydrogen-bond acceptors (Lipinski definition) is 3. The zero-order valence-corrected chi connectivity index (χ0v) is 15.8. The van der Waals surface area contributed by atoms with Gasteiger partial charge in [-0.25, -0.2) is 0 Å². The lowest BCUT2D eigenvalue weighted by atomic mass is 10.00. The van der Waals surface area contributed by atoms with Crippen molar-refractivity contribution in [1.29, 1.82) is 0 Å². The number of aliphatic imine (C=N–C) groups is 1. The van der Waals surface area contributed by atoms with E-state index in [4.69, 9.17) is 11.6 Å². The molecule has 0 N–H and O–H groups in total. The first-order valence-electron chi connectivity index (χ1n) is 8.92. The number of benzene rings is 3. The van der Waals surface area contributed by atoms with Crippen molar-refractivity contribution >= 4 is 34.7 Å². The molecule has 0 saturated carbocycles. The van der Waals surface area contributed by atoms with E-state index in [-0.39, 0.29) is 24.8 Å². The second kappa shape index (κ2) is 7.79. The maximum absolute atomic E-state index is 12.8. The Balaban J connectivity index is 1.74. The van der Waals surface area contributed by atoms with Crippen LogP contribution in [0.4, 0.5) is 5.69 Å². The second-order valence-corrected chi connectivity index (χ2v) is 6.84. The van der Waals surface area contributed by atoms with Gasteiger partial charge < -0.3 is 4.90 Å². The third-order valence-electron chi connectivity index (χ3n) is 4.65. The fraction of sp³-hybridized carbons (Fsp3) is 0.0870. The number of Topliss-reactive ketones (excluding diaryl/α,β-unsaturated/α-hetero) is 1. The number of hydrogen-bond donors (Lipinski definition) is 0. The molecule has 1 amide bonds. The Labute approximate surface area is 168 Å². The van der Waals surface area contributed by atoms with Crippen LogP contribution in [-0.2, 0) is 4.79 Å². The maximum atomic E-state index is 12.8. The SMILES string of the molecule is O=C(CN1C(=O)CN=C(c2ccccc2)c2ccccc21)c1ccccc1Cl. The van der Waals surface area contributed by atoms with E-state index in [1.807, 2.05) is 54.6 Å². The van der Waals surface area contributed by atoms with Gasteiger partial charge in [0, 0.05) is 16.7 Å². The highest BCUT2D eigenvalue weighted by Crippen LogP contribution is 2.27. The molecular formula is C23H17ClN2O2. The quantitative estimate of drug-likeness (QED) is 0.622. The molecule has 0 saturated heterocycles. The molecule has 0 fully saturated rings. The Kier molecular flexibility index (Phi) is 5.04. The average Bonchev–Trinajstić information content (AvgIpc) is 2.86. The van der Waals surface area contributed by atoms with E-state index in [0.717, 1.165) is 16.8 Å². The number of carbonyl (C=O) groups is 2. The normalized spacial score (nSPS) is 13.5. The van der Waals surface area contributed by atoms with E-state index in [1.54, 1.807) is 24.3 Å². The first-order chi connectivity index (χ1) is 13.6. The number of para-hydroxylation sites is 1. The summed E-state index contributed by atoms with van der Waals surface area (Å²) in [6.45, 7) is -0.105. The zero-order chi connectivity index (χ0) is 19.5. The Hall–Kier alpha value is -3.24. The molecule has 4 rings (SSSR count). The smallest absolute Gasteiger partial charge is 0.249 e. The third-order valence-corrected chi connectivity index (χ3v) is 4.98. The molecule has 138 valence electrons. The Morgan fingerprint density at radius 2 is 1.61 bits per heavy atom. The fourth-order valence-corrected chi connectivity index (χ4v) is 3.53. The van der Waals surface area contributed by atoms with Gasteiger partial charge in [0.25, 0.3) is 0 Å². The summed E-state index contributed by atoms with van der Waals surface area (Å²) < 4.78 is 0. The number of halogens is 1. The van der Waals surface area contributed by atoms with Crippen LogP contribution in [0.2, 0.25) is 5.02 Å². The van der Waals surface area contributed by atoms with Crippen LogP contribution >= 0.6 is 11.6 Å². The van der Waals surface area contributed by atoms with Gasteiger partial charge in [0.1, 0.15) is 6.54 Å².